The predicted molar refractivity (Wildman–Crippen MR) is 148 cm³/mol. The van der Waals surface area contributed by atoms with E-state index in [9.17, 15) is 0 Å². The molecule has 1 aliphatic carbocycles. The molecule has 4 aromatic rings. The van der Waals surface area contributed by atoms with Crippen molar-refractivity contribution in [1.82, 2.24) is 19.7 Å². The fraction of sp³-hybridized carbons (Fsp3) is 0.345. The van der Waals surface area contributed by atoms with Crippen LogP contribution in [0.5, 0.6) is 0 Å². The highest BCUT2D eigenvalue weighted by atomic mass is 15.4. The molecule has 4 aliphatic rings. The van der Waals surface area contributed by atoms with E-state index in [1.165, 1.54) is 27.9 Å². The fourth-order valence-corrected chi connectivity index (χ4v) is 6.19. The van der Waals surface area contributed by atoms with Crippen LogP contribution in [-0.2, 0) is 12.8 Å². The molecule has 8 heteroatoms. The van der Waals surface area contributed by atoms with Gasteiger partial charge in [0.15, 0.2) is 5.82 Å². The fourth-order valence-electron chi connectivity index (χ4n) is 6.19. The van der Waals surface area contributed by atoms with Gasteiger partial charge in [0.25, 0.3) is 0 Å². The third-order valence-corrected chi connectivity index (χ3v) is 8.16. The first-order valence-electron chi connectivity index (χ1n) is 13.3. The van der Waals surface area contributed by atoms with E-state index in [4.69, 9.17) is 16.5 Å². The van der Waals surface area contributed by atoms with Crippen LogP contribution in [0.15, 0.2) is 54.6 Å². The molecule has 8 rings (SSSR count). The summed E-state index contributed by atoms with van der Waals surface area (Å²) in [5.74, 6) is 1.99. The van der Waals surface area contributed by atoms with Gasteiger partial charge in [0.05, 0.1) is 11.4 Å². The Morgan fingerprint density at radius 2 is 1.65 bits per heavy atom. The van der Waals surface area contributed by atoms with E-state index in [-0.39, 0.29) is 12.0 Å². The van der Waals surface area contributed by atoms with Crippen molar-refractivity contribution in [3.05, 3.63) is 71.4 Å². The van der Waals surface area contributed by atoms with Gasteiger partial charge in [0.1, 0.15) is 0 Å². The van der Waals surface area contributed by atoms with Gasteiger partial charge in [-0.3, -0.25) is 0 Å². The summed E-state index contributed by atoms with van der Waals surface area (Å²) in [6, 6.07) is 19.5. The maximum Gasteiger partial charge on any atom is 0.241 e. The Bertz CT molecular complexity index is 1450. The molecule has 3 aliphatic heterocycles. The number of nitrogens with zero attached hydrogens (tertiary/aromatic N) is 5. The van der Waals surface area contributed by atoms with E-state index >= 15 is 0 Å². The molecule has 1 saturated heterocycles. The minimum atomic E-state index is 0.217. The van der Waals surface area contributed by atoms with E-state index in [0.29, 0.717) is 11.9 Å². The Balaban J connectivity index is 1.30. The van der Waals surface area contributed by atoms with Crippen molar-refractivity contribution in [3.8, 4) is 16.9 Å². The molecule has 1 atom stereocenters. The summed E-state index contributed by atoms with van der Waals surface area (Å²) >= 11 is 0. The van der Waals surface area contributed by atoms with Crippen molar-refractivity contribution in [2.75, 3.05) is 29.0 Å². The molecule has 2 bridgehead atoms. The maximum absolute atomic E-state index is 6.23. The topological polar surface area (TPSA) is 111 Å². The number of nitrogen functional groups attached to an aromatic ring is 1. The molecule has 188 valence electrons. The van der Waals surface area contributed by atoms with Crippen LogP contribution in [0, 0.1) is 0 Å². The summed E-state index contributed by atoms with van der Waals surface area (Å²) in [7, 11) is 0. The Morgan fingerprint density at radius 3 is 2.46 bits per heavy atom. The lowest BCUT2D eigenvalue weighted by Gasteiger charge is -2.42. The summed E-state index contributed by atoms with van der Waals surface area (Å²) in [4.78, 5) is 12.2. The summed E-state index contributed by atoms with van der Waals surface area (Å²) in [6.45, 7) is 2.18. The number of hydrogen-bond donors (Lipinski definition) is 3. The van der Waals surface area contributed by atoms with Gasteiger partial charge in [-0.2, -0.15) is 9.67 Å². The zero-order valence-electron chi connectivity index (χ0n) is 20.9. The summed E-state index contributed by atoms with van der Waals surface area (Å²) in [6.07, 6.45) is 6.35. The van der Waals surface area contributed by atoms with E-state index in [2.05, 4.69) is 74.9 Å². The lowest BCUT2D eigenvalue weighted by molar-refractivity contribution is 0.463. The number of pyridine rings is 1. The van der Waals surface area contributed by atoms with Crippen LogP contribution in [0.25, 0.3) is 16.9 Å². The molecule has 0 saturated carbocycles. The van der Waals surface area contributed by atoms with Gasteiger partial charge in [-0.1, -0.05) is 36.4 Å². The first kappa shape index (κ1) is 22.3. The number of aromatic nitrogens is 4. The van der Waals surface area contributed by atoms with E-state index in [1.807, 2.05) is 0 Å². The van der Waals surface area contributed by atoms with Gasteiger partial charge in [-0.25, -0.2) is 4.98 Å². The SMILES string of the molecule is Nc1nc(Nc2ccc3c(c2)CC[C@@H](N)CC3)n(-c2cc(-c3ccccc3)c3c(n2)C2CCN3CC2)n1. The van der Waals surface area contributed by atoms with Gasteiger partial charge in [-0.15, -0.1) is 5.10 Å². The molecule has 5 heterocycles. The first-order valence-corrected chi connectivity index (χ1v) is 13.3. The lowest BCUT2D eigenvalue weighted by Crippen LogP contribution is -2.40. The summed E-state index contributed by atoms with van der Waals surface area (Å²) in [5, 5.41) is 8.04. The monoisotopic (exact) mass is 492 g/mol. The summed E-state index contributed by atoms with van der Waals surface area (Å²) in [5.41, 5.74) is 20.9. The Hall–Kier alpha value is -3.91. The van der Waals surface area contributed by atoms with Gasteiger partial charge in [-0.05, 0) is 73.4 Å². The van der Waals surface area contributed by atoms with Crippen LogP contribution in [0.3, 0.4) is 0 Å². The molecule has 0 amide bonds. The standard InChI is InChI=1S/C29H32N8/c30-22-9-6-18-8-11-23(16-21(18)7-10-22)32-29-34-28(31)35-37(29)25-17-24(19-4-2-1-3-5-19)27-26(33-25)20-12-14-36(27)15-13-20/h1-5,8,11,16-17,20,22H,6-7,9-10,12-15,30H2,(H3,31,32,34,35)/t22-/m0/s1. The zero-order chi connectivity index (χ0) is 24.9. The van der Waals surface area contributed by atoms with Crippen molar-refractivity contribution < 1.29 is 0 Å². The minimum absolute atomic E-state index is 0.217. The Labute approximate surface area is 216 Å². The molecule has 5 N–H and O–H groups in total. The second-order valence-corrected chi connectivity index (χ2v) is 10.5. The lowest BCUT2D eigenvalue weighted by atomic mass is 9.84. The van der Waals surface area contributed by atoms with Crippen molar-refractivity contribution >= 4 is 23.3 Å². The number of anilines is 4. The number of benzene rings is 2. The van der Waals surface area contributed by atoms with Crippen LogP contribution < -0.4 is 21.7 Å². The van der Waals surface area contributed by atoms with Crippen LogP contribution in [0.4, 0.5) is 23.3 Å². The number of hydrogen-bond acceptors (Lipinski definition) is 7. The number of fused-ring (bicyclic) bond motifs is 3. The largest absolute Gasteiger partial charge is 0.370 e. The highest BCUT2D eigenvalue weighted by Gasteiger charge is 2.35. The van der Waals surface area contributed by atoms with Crippen LogP contribution >= 0.6 is 0 Å². The van der Waals surface area contributed by atoms with E-state index in [1.54, 1.807) is 4.68 Å². The quantitative estimate of drug-likeness (QED) is 0.358. The highest BCUT2D eigenvalue weighted by molar-refractivity contribution is 5.83. The molecule has 1 fully saturated rings. The molecular weight excluding hydrogens is 460 g/mol. The molecule has 37 heavy (non-hydrogen) atoms. The van der Waals surface area contributed by atoms with Gasteiger partial charge < -0.3 is 21.7 Å². The van der Waals surface area contributed by atoms with Crippen molar-refractivity contribution in [2.24, 2.45) is 5.73 Å². The summed E-state index contributed by atoms with van der Waals surface area (Å²) < 4.78 is 1.75. The van der Waals surface area contributed by atoms with Gasteiger partial charge in [0.2, 0.25) is 11.9 Å². The van der Waals surface area contributed by atoms with Crippen LogP contribution in [0.1, 0.15) is 48.4 Å². The average Bonchev–Trinajstić information content (AvgIpc) is 3.20. The third-order valence-electron chi connectivity index (χ3n) is 8.16. The molecular formula is C29H32N8. The Morgan fingerprint density at radius 1 is 0.865 bits per heavy atom. The molecule has 2 aromatic heterocycles. The Kier molecular flexibility index (Phi) is 5.35. The second kappa shape index (κ2) is 8.88. The number of aryl methyl sites for hydroxylation is 2. The molecule has 8 nitrogen and oxygen atoms in total. The second-order valence-electron chi connectivity index (χ2n) is 10.5. The highest BCUT2D eigenvalue weighted by Crippen LogP contribution is 2.46. The molecule has 2 aromatic carbocycles. The smallest absolute Gasteiger partial charge is 0.241 e. The minimum Gasteiger partial charge on any atom is -0.370 e. The van der Waals surface area contributed by atoms with Crippen molar-refractivity contribution in [1.29, 1.82) is 0 Å². The van der Waals surface area contributed by atoms with Gasteiger partial charge >= 0.3 is 0 Å². The predicted octanol–water partition coefficient (Wildman–Crippen LogP) is 4.56. The zero-order valence-corrected chi connectivity index (χ0v) is 20.9. The number of piperidine rings is 1. The van der Waals surface area contributed by atoms with Crippen LogP contribution in [-0.4, -0.2) is 38.9 Å². The van der Waals surface area contributed by atoms with Crippen molar-refractivity contribution in [2.45, 2.75) is 50.5 Å². The van der Waals surface area contributed by atoms with E-state index < -0.39 is 0 Å². The molecule has 0 unspecified atom stereocenters. The first-order chi connectivity index (χ1) is 18.1. The van der Waals surface area contributed by atoms with Gasteiger partial charge in [0, 0.05) is 36.3 Å². The van der Waals surface area contributed by atoms with E-state index in [0.717, 1.165) is 68.8 Å². The number of nitrogens with one attached hydrogen (secondary N) is 1. The molecule has 0 radical (unpaired) electrons. The third kappa shape index (κ3) is 4.01. The normalized spacial score (nSPS) is 18.8. The van der Waals surface area contributed by atoms with Crippen molar-refractivity contribution in [3.63, 3.8) is 0 Å². The van der Waals surface area contributed by atoms with Crippen LogP contribution in [0.2, 0.25) is 0 Å². The molecule has 0 spiro atoms. The maximum atomic E-state index is 6.23. The number of nitrogens with two attached hydrogens (primary N) is 2. The number of rotatable bonds is 4. The average molecular weight is 493 g/mol.